The molecule has 0 aliphatic carbocycles. The number of benzene rings is 3. The molecule has 5 N–H and O–H groups in total. The Morgan fingerprint density at radius 2 is 1.60 bits per heavy atom. The van der Waals surface area contributed by atoms with Crippen LogP contribution in [0.5, 0.6) is 0 Å². The molecule has 1 unspecified atom stereocenters. The van der Waals surface area contributed by atoms with E-state index in [2.05, 4.69) is 26.3 Å². The average molecular weight is 846 g/mol. The fraction of sp³-hybridized carbons (Fsp3) is 0.268. The van der Waals surface area contributed by atoms with Gasteiger partial charge < -0.3 is 20.9 Å². The summed E-state index contributed by atoms with van der Waals surface area (Å²) in [5, 5.41) is 11.6. The fourth-order valence-electron chi connectivity index (χ4n) is 7.38. The van der Waals surface area contributed by atoms with Crippen LogP contribution in [0.1, 0.15) is 91.3 Å². The largest absolute Gasteiger partial charge is 0.385 e. The maximum absolute atomic E-state index is 13.4. The van der Waals surface area contributed by atoms with Gasteiger partial charge >= 0.3 is 0 Å². The van der Waals surface area contributed by atoms with Crippen LogP contribution in [0.4, 0.5) is 11.4 Å². The molecule has 0 spiro atoms. The van der Waals surface area contributed by atoms with Crippen LogP contribution in [0.3, 0.4) is 0 Å². The first-order valence-corrected chi connectivity index (χ1v) is 21.0. The maximum atomic E-state index is 13.4. The number of fused-ring (bicyclic) bond motifs is 2. The number of carbonyl (C=O) groups is 6. The number of nitrogens with one attached hydrogen (secondary N) is 5. The Labute approximate surface area is 343 Å². The lowest BCUT2D eigenvalue weighted by Gasteiger charge is -2.27. The number of unbranched alkanes of at least 4 members (excludes halogenated alkanes) is 2. The quantitative estimate of drug-likeness (QED) is 0.0625. The van der Waals surface area contributed by atoms with Crippen molar-refractivity contribution < 1.29 is 37.2 Å². The highest BCUT2D eigenvalue weighted by Crippen LogP contribution is 2.37. The summed E-state index contributed by atoms with van der Waals surface area (Å²) in [7, 11) is -3.90. The van der Waals surface area contributed by atoms with E-state index in [4.69, 9.17) is 23.2 Å². The number of aromatic amines is 1. The lowest BCUT2D eigenvalue weighted by molar-refractivity contribution is -0.136. The SMILES string of the molecule is Cc1[nH]c(C=C2C(=O)Nc3ccc(S(=O)(=O)Cc4c(Cl)cccc4Cl)cc32)c(C)c1C(=O)NCCCCCNc1ccc2c(c1)C(=O)N(C1CCC(=O)NC1=O)C2=O. The summed E-state index contributed by atoms with van der Waals surface area (Å²) in [6.07, 6.45) is 3.96. The molecule has 17 heteroatoms. The Kier molecular flexibility index (Phi) is 11.3. The lowest BCUT2D eigenvalue weighted by atomic mass is 10.0. The molecule has 3 aromatic carbocycles. The molecular formula is C41H38Cl2N6O8S. The van der Waals surface area contributed by atoms with E-state index < -0.39 is 51.2 Å². The number of rotatable bonds is 13. The van der Waals surface area contributed by atoms with Gasteiger partial charge in [-0.05, 0) is 99.7 Å². The van der Waals surface area contributed by atoms with E-state index in [9.17, 15) is 37.2 Å². The van der Waals surface area contributed by atoms with Crippen LogP contribution < -0.4 is 21.3 Å². The van der Waals surface area contributed by atoms with Crippen molar-refractivity contribution in [3.05, 3.63) is 109 Å². The van der Waals surface area contributed by atoms with Crippen molar-refractivity contribution in [2.75, 3.05) is 23.7 Å². The number of sulfone groups is 1. The molecule has 0 saturated carbocycles. The zero-order valence-electron chi connectivity index (χ0n) is 31.4. The first kappa shape index (κ1) is 40.4. The van der Waals surface area contributed by atoms with Crippen LogP contribution in [0.25, 0.3) is 11.6 Å². The molecule has 3 aliphatic rings. The Balaban J connectivity index is 0.923. The molecule has 58 heavy (non-hydrogen) atoms. The molecule has 1 saturated heterocycles. The molecule has 0 radical (unpaired) electrons. The van der Waals surface area contributed by atoms with Gasteiger partial charge in [0.05, 0.1) is 32.9 Å². The third-order valence-corrected chi connectivity index (χ3v) is 12.8. The number of piperidine rings is 1. The summed E-state index contributed by atoms with van der Waals surface area (Å²) in [4.78, 5) is 80.4. The number of aromatic nitrogens is 1. The third-order valence-electron chi connectivity index (χ3n) is 10.4. The van der Waals surface area contributed by atoms with Crippen molar-refractivity contribution in [3.8, 4) is 0 Å². The van der Waals surface area contributed by atoms with E-state index in [-0.39, 0.29) is 56.0 Å². The second-order valence-electron chi connectivity index (χ2n) is 14.3. The zero-order chi connectivity index (χ0) is 41.5. The van der Waals surface area contributed by atoms with Gasteiger partial charge in [0.15, 0.2) is 9.84 Å². The van der Waals surface area contributed by atoms with E-state index in [0.29, 0.717) is 59.0 Å². The molecule has 1 fully saturated rings. The molecule has 14 nitrogen and oxygen atoms in total. The minimum Gasteiger partial charge on any atom is -0.385 e. The highest BCUT2D eigenvalue weighted by molar-refractivity contribution is 7.90. The van der Waals surface area contributed by atoms with Gasteiger partial charge in [-0.25, -0.2) is 8.42 Å². The monoisotopic (exact) mass is 844 g/mol. The predicted molar refractivity (Wildman–Crippen MR) is 218 cm³/mol. The van der Waals surface area contributed by atoms with Crippen LogP contribution in [-0.4, -0.2) is 72.9 Å². The topological polar surface area (TPSA) is 204 Å². The number of hydrogen-bond donors (Lipinski definition) is 5. The lowest BCUT2D eigenvalue weighted by Crippen LogP contribution is -2.54. The summed E-state index contributed by atoms with van der Waals surface area (Å²) in [6.45, 7) is 4.52. The second kappa shape index (κ2) is 16.2. The van der Waals surface area contributed by atoms with Gasteiger partial charge in [-0.15, -0.1) is 0 Å². The summed E-state index contributed by atoms with van der Waals surface area (Å²) in [5.74, 6) is -3.34. The summed E-state index contributed by atoms with van der Waals surface area (Å²) in [5.41, 5.74) is 4.64. The van der Waals surface area contributed by atoms with Crippen molar-refractivity contribution in [2.45, 2.75) is 62.6 Å². The van der Waals surface area contributed by atoms with Crippen molar-refractivity contribution in [1.29, 1.82) is 0 Å². The second-order valence-corrected chi connectivity index (χ2v) is 17.1. The molecule has 3 aliphatic heterocycles. The van der Waals surface area contributed by atoms with E-state index in [1.54, 1.807) is 56.3 Å². The van der Waals surface area contributed by atoms with Gasteiger partial charge in [-0.1, -0.05) is 29.3 Å². The zero-order valence-corrected chi connectivity index (χ0v) is 33.7. The Bertz CT molecular complexity index is 2560. The minimum atomic E-state index is -3.90. The Hall–Kier alpha value is -5.77. The van der Waals surface area contributed by atoms with Gasteiger partial charge in [0, 0.05) is 63.4 Å². The van der Waals surface area contributed by atoms with Gasteiger partial charge in [0.1, 0.15) is 6.04 Å². The number of hydrogen-bond acceptors (Lipinski definition) is 9. The summed E-state index contributed by atoms with van der Waals surface area (Å²) >= 11 is 12.5. The van der Waals surface area contributed by atoms with Gasteiger partial charge in [-0.3, -0.25) is 39.0 Å². The molecular weight excluding hydrogens is 807 g/mol. The van der Waals surface area contributed by atoms with Gasteiger partial charge in [0.2, 0.25) is 11.8 Å². The highest BCUT2D eigenvalue weighted by atomic mass is 35.5. The molecule has 4 heterocycles. The molecule has 0 bridgehead atoms. The molecule has 4 aromatic rings. The minimum absolute atomic E-state index is 0.00243. The number of aryl methyl sites for hydroxylation is 1. The normalized spacial score (nSPS) is 17.0. The van der Waals surface area contributed by atoms with Crippen molar-refractivity contribution in [1.82, 2.24) is 20.5 Å². The standard InChI is InChI=1S/C41H38Cl2N6O8S/c1-21-33(19-27-26-18-24(10-12-32(26)47-37(27)51)58(56,57)20-29-30(42)7-6-8-31(29)43)46-22(2)36(21)39(53)45-16-5-3-4-15-44-23-9-11-25-28(17-23)41(55)49(40(25)54)34-13-14-35(50)48-38(34)52/h6-12,17-19,34,44,46H,3-5,13-16,20H2,1-2H3,(H,45,53)(H,47,51)(H,48,50,52). The van der Waals surface area contributed by atoms with E-state index in [1.165, 1.54) is 18.2 Å². The average Bonchev–Trinajstić information content (AvgIpc) is 3.74. The first-order valence-electron chi connectivity index (χ1n) is 18.5. The summed E-state index contributed by atoms with van der Waals surface area (Å²) in [6, 6.07) is 13.0. The van der Waals surface area contributed by atoms with Crippen LogP contribution in [0.2, 0.25) is 10.0 Å². The Morgan fingerprint density at radius 3 is 2.34 bits per heavy atom. The summed E-state index contributed by atoms with van der Waals surface area (Å²) < 4.78 is 26.9. The van der Waals surface area contributed by atoms with E-state index >= 15 is 0 Å². The molecule has 7 rings (SSSR count). The molecule has 6 amide bonds. The van der Waals surface area contributed by atoms with Crippen LogP contribution >= 0.6 is 23.2 Å². The van der Waals surface area contributed by atoms with Crippen molar-refractivity contribution >= 4 is 91.5 Å². The molecule has 1 atom stereocenters. The number of imide groups is 2. The van der Waals surface area contributed by atoms with Crippen LogP contribution in [0.15, 0.2) is 59.5 Å². The third kappa shape index (κ3) is 7.89. The van der Waals surface area contributed by atoms with Gasteiger partial charge in [0.25, 0.3) is 23.6 Å². The molecule has 1 aromatic heterocycles. The van der Waals surface area contributed by atoms with Crippen molar-refractivity contribution in [2.24, 2.45) is 0 Å². The number of nitrogens with zero attached hydrogens (tertiary/aromatic N) is 1. The number of amides is 6. The number of anilines is 2. The predicted octanol–water partition coefficient (Wildman–Crippen LogP) is 5.82. The number of H-pyrrole nitrogens is 1. The van der Waals surface area contributed by atoms with Crippen LogP contribution in [-0.2, 0) is 30.0 Å². The van der Waals surface area contributed by atoms with Gasteiger partial charge in [-0.2, -0.15) is 0 Å². The Morgan fingerprint density at radius 1 is 0.879 bits per heavy atom. The van der Waals surface area contributed by atoms with E-state index in [1.807, 2.05) is 0 Å². The highest BCUT2D eigenvalue weighted by Gasteiger charge is 2.44. The number of halogens is 2. The van der Waals surface area contributed by atoms with E-state index in [0.717, 1.165) is 17.7 Å². The maximum Gasteiger partial charge on any atom is 0.262 e. The molecule has 300 valence electrons. The number of carbonyl (C=O) groups excluding carboxylic acids is 6. The van der Waals surface area contributed by atoms with Crippen LogP contribution in [0, 0.1) is 13.8 Å². The first-order chi connectivity index (χ1) is 27.6. The smallest absolute Gasteiger partial charge is 0.262 e. The fourth-order valence-corrected chi connectivity index (χ4v) is 9.50. The van der Waals surface area contributed by atoms with Crippen molar-refractivity contribution in [3.63, 3.8) is 0 Å².